The maximum absolute atomic E-state index is 12.9. The Hall–Kier alpha value is -3.07. The van der Waals surface area contributed by atoms with E-state index in [9.17, 15) is 14.9 Å². The van der Waals surface area contributed by atoms with Crippen molar-refractivity contribution < 1.29 is 14.1 Å². The van der Waals surface area contributed by atoms with Gasteiger partial charge in [-0.1, -0.05) is 13.0 Å². The third kappa shape index (κ3) is 4.20. The predicted molar refractivity (Wildman–Crippen MR) is 100 cm³/mol. The van der Waals surface area contributed by atoms with E-state index in [0.29, 0.717) is 29.5 Å². The lowest BCUT2D eigenvalue weighted by atomic mass is 10.1. The fourth-order valence-corrected chi connectivity index (χ4v) is 3.32. The molecule has 0 aliphatic heterocycles. The average molecular weight is 386 g/mol. The molecule has 9 heteroatoms. The molecule has 1 aromatic carbocycles. The zero-order chi connectivity index (χ0) is 19.4. The van der Waals surface area contributed by atoms with E-state index < -0.39 is 4.92 Å². The van der Waals surface area contributed by atoms with Crippen LogP contribution in [0.1, 0.15) is 35.2 Å². The number of aryl methyl sites for hydroxylation is 1. The van der Waals surface area contributed by atoms with Crippen LogP contribution in [0.5, 0.6) is 0 Å². The molecule has 2 aromatic heterocycles. The van der Waals surface area contributed by atoms with Crippen molar-refractivity contribution in [2.24, 2.45) is 0 Å². The minimum absolute atomic E-state index is 0.00826. The number of nitro groups is 1. The quantitative estimate of drug-likeness (QED) is 0.448. The molecule has 140 valence electrons. The Morgan fingerprint density at radius 2 is 2.15 bits per heavy atom. The van der Waals surface area contributed by atoms with Gasteiger partial charge in [0.2, 0.25) is 5.89 Å². The van der Waals surface area contributed by atoms with Gasteiger partial charge in [-0.3, -0.25) is 14.9 Å². The molecule has 8 nitrogen and oxygen atoms in total. The monoisotopic (exact) mass is 386 g/mol. The summed E-state index contributed by atoms with van der Waals surface area (Å²) in [7, 11) is 0. The lowest BCUT2D eigenvalue weighted by Crippen LogP contribution is -2.31. The molecule has 0 atom stereocenters. The second-order valence-electron chi connectivity index (χ2n) is 5.96. The fourth-order valence-electron chi connectivity index (χ4n) is 2.68. The van der Waals surface area contributed by atoms with Crippen molar-refractivity contribution in [2.75, 3.05) is 6.54 Å². The van der Waals surface area contributed by atoms with E-state index in [0.717, 1.165) is 11.3 Å². The summed E-state index contributed by atoms with van der Waals surface area (Å²) >= 11 is 1.50. The van der Waals surface area contributed by atoms with Crippen molar-refractivity contribution in [3.05, 3.63) is 62.8 Å². The van der Waals surface area contributed by atoms with E-state index in [1.165, 1.54) is 29.5 Å². The topological polar surface area (TPSA) is 102 Å². The second kappa shape index (κ2) is 8.09. The fraction of sp³-hybridized carbons (Fsp3) is 0.278. The van der Waals surface area contributed by atoms with Crippen molar-refractivity contribution in [1.29, 1.82) is 0 Å². The number of thiophene rings is 1. The van der Waals surface area contributed by atoms with Gasteiger partial charge in [0.25, 0.3) is 17.5 Å². The summed E-state index contributed by atoms with van der Waals surface area (Å²) in [4.78, 5) is 25.9. The van der Waals surface area contributed by atoms with Gasteiger partial charge in [0.1, 0.15) is 0 Å². The van der Waals surface area contributed by atoms with Gasteiger partial charge in [-0.2, -0.15) is 0 Å². The molecule has 0 radical (unpaired) electrons. The van der Waals surface area contributed by atoms with Crippen LogP contribution in [0.2, 0.25) is 0 Å². The van der Waals surface area contributed by atoms with Crippen molar-refractivity contribution in [3.8, 4) is 10.8 Å². The number of aromatic nitrogens is 2. The van der Waals surface area contributed by atoms with E-state index in [2.05, 4.69) is 10.2 Å². The molecule has 0 fully saturated rings. The number of nitrogens with zero attached hydrogens (tertiary/aromatic N) is 4. The highest BCUT2D eigenvalue weighted by Gasteiger charge is 2.21. The summed E-state index contributed by atoms with van der Waals surface area (Å²) in [5.74, 6) is 0.541. The van der Waals surface area contributed by atoms with Crippen LogP contribution in [-0.2, 0) is 6.54 Å². The van der Waals surface area contributed by atoms with E-state index in [4.69, 9.17) is 4.42 Å². The number of hydrogen-bond acceptors (Lipinski definition) is 7. The van der Waals surface area contributed by atoms with Gasteiger partial charge in [0.15, 0.2) is 0 Å². The van der Waals surface area contributed by atoms with E-state index in [1.807, 2.05) is 24.4 Å². The lowest BCUT2D eigenvalue weighted by molar-refractivity contribution is -0.385. The molecule has 2 heterocycles. The number of hydrogen-bond donors (Lipinski definition) is 0. The third-order valence-corrected chi connectivity index (χ3v) is 4.80. The van der Waals surface area contributed by atoms with Crippen LogP contribution in [0.25, 0.3) is 10.8 Å². The van der Waals surface area contributed by atoms with Crippen LogP contribution < -0.4 is 0 Å². The number of carbonyl (C=O) groups is 1. The van der Waals surface area contributed by atoms with E-state index in [1.54, 1.807) is 11.8 Å². The van der Waals surface area contributed by atoms with Gasteiger partial charge >= 0.3 is 0 Å². The minimum atomic E-state index is -0.460. The predicted octanol–water partition coefficient (Wildman–Crippen LogP) is 4.07. The highest BCUT2D eigenvalue weighted by atomic mass is 32.1. The van der Waals surface area contributed by atoms with Crippen LogP contribution in [0, 0.1) is 17.0 Å². The first-order valence-electron chi connectivity index (χ1n) is 8.40. The first kappa shape index (κ1) is 18.7. The van der Waals surface area contributed by atoms with Crippen LogP contribution in [0.4, 0.5) is 5.69 Å². The Kier molecular flexibility index (Phi) is 5.60. The SMILES string of the molecule is CCCN(Cc1nnc(-c2cccs2)o1)C(=O)c1ccc([N+](=O)[O-])c(C)c1. The normalized spacial score (nSPS) is 10.7. The molecule has 0 bridgehead atoms. The molecular formula is C18H18N4O4S. The largest absolute Gasteiger partial charge is 0.418 e. The standard InChI is InChI=1S/C18H18N4O4S/c1-3-8-21(11-16-19-20-17(26-16)15-5-4-9-27-15)18(23)13-6-7-14(22(24)25)12(2)10-13/h4-7,9-10H,3,8,11H2,1-2H3. The van der Waals surface area contributed by atoms with Gasteiger partial charge in [-0.25, -0.2) is 0 Å². The summed E-state index contributed by atoms with van der Waals surface area (Å²) in [6.07, 6.45) is 0.754. The van der Waals surface area contributed by atoms with Crippen molar-refractivity contribution in [1.82, 2.24) is 15.1 Å². The maximum Gasteiger partial charge on any atom is 0.272 e. The molecule has 27 heavy (non-hydrogen) atoms. The summed E-state index contributed by atoms with van der Waals surface area (Å²) in [5.41, 5.74) is 0.829. The molecular weight excluding hydrogens is 368 g/mol. The molecule has 1 amide bonds. The highest BCUT2D eigenvalue weighted by Crippen LogP contribution is 2.24. The number of rotatable bonds is 7. The molecule has 0 N–H and O–H groups in total. The Labute approximate surface area is 159 Å². The Bertz CT molecular complexity index is 952. The van der Waals surface area contributed by atoms with Crippen molar-refractivity contribution in [3.63, 3.8) is 0 Å². The highest BCUT2D eigenvalue weighted by molar-refractivity contribution is 7.13. The van der Waals surface area contributed by atoms with Crippen molar-refractivity contribution in [2.45, 2.75) is 26.8 Å². The molecule has 0 saturated heterocycles. The molecule has 3 aromatic rings. The summed E-state index contributed by atoms with van der Waals surface area (Å²) in [6, 6.07) is 8.15. The van der Waals surface area contributed by atoms with Gasteiger partial charge in [-0.15, -0.1) is 21.5 Å². The number of carbonyl (C=O) groups excluding carboxylic acids is 1. The third-order valence-electron chi connectivity index (χ3n) is 3.95. The minimum Gasteiger partial charge on any atom is -0.418 e. The first-order chi connectivity index (χ1) is 13.0. The smallest absolute Gasteiger partial charge is 0.272 e. The molecule has 0 unspecified atom stereocenters. The molecule has 0 aliphatic carbocycles. The van der Waals surface area contributed by atoms with Crippen LogP contribution in [0.3, 0.4) is 0 Å². The lowest BCUT2D eigenvalue weighted by Gasteiger charge is -2.20. The average Bonchev–Trinajstić information content (AvgIpc) is 3.31. The summed E-state index contributed by atoms with van der Waals surface area (Å²) < 4.78 is 5.67. The van der Waals surface area contributed by atoms with Crippen LogP contribution in [-0.4, -0.2) is 32.5 Å². The van der Waals surface area contributed by atoms with Crippen LogP contribution in [0.15, 0.2) is 40.1 Å². The number of benzene rings is 1. The Morgan fingerprint density at radius 3 is 2.78 bits per heavy atom. The summed E-state index contributed by atoms with van der Waals surface area (Å²) in [6.45, 7) is 4.27. The zero-order valence-electron chi connectivity index (χ0n) is 14.9. The van der Waals surface area contributed by atoms with E-state index in [-0.39, 0.29) is 18.1 Å². The molecule has 0 aliphatic rings. The van der Waals surface area contributed by atoms with Gasteiger partial charge in [0, 0.05) is 23.7 Å². The summed E-state index contributed by atoms with van der Waals surface area (Å²) in [5, 5.41) is 20.9. The van der Waals surface area contributed by atoms with Gasteiger partial charge < -0.3 is 9.32 Å². The maximum atomic E-state index is 12.9. The molecule has 0 saturated carbocycles. The second-order valence-corrected chi connectivity index (χ2v) is 6.91. The molecule has 0 spiro atoms. The Morgan fingerprint density at radius 1 is 1.33 bits per heavy atom. The zero-order valence-corrected chi connectivity index (χ0v) is 15.7. The number of amides is 1. The molecule has 3 rings (SSSR count). The van der Waals surface area contributed by atoms with Crippen LogP contribution >= 0.6 is 11.3 Å². The first-order valence-corrected chi connectivity index (χ1v) is 9.28. The number of nitro benzene ring substituents is 1. The van der Waals surface area contributed by atoms with Gasteiger partial charge in [-0.05, 0) is 36.9 Å². The Balaban J connectivity index is 1.80. The van der Waals surface area contributed by atoms with E-state index >= 15 is 0 Å². The van der Waals surface area contributed by atoms with Gasteiger partial charge in [0.05, 0.1) is 16.3 Å². The van der Waals surface area contributed by atoms with Crippen molar-refractivity contribution >= 4 is 22.9 Å².